The van der Waals surface area contributed by atoms with Gasteiger partial charge in [-0.05, 0) is 37.8 Å². The van der Waals surface area contributed by atoms with Crippen molar-refractivity contribution in [2.75, 3.05) is 0 Å². The van der Waals surface area contributed by atoms with E-state index in [0.717, 1.165) is 37.0 Å². The third-order valence-corrected chi connectivity index (χ3v) is 3.22. The zero-order chi connectivity index (χ0) is 11.5. The quantitative estimate of drug-likeness (QED) is 0.844. The van der Waals surface area contributed by atoms with E-state index in [1.54, 1.807) is 0 Å². The van der Waals surface area contributed by atoms with Crippen molar-refractivity contribution in [2.45, 2.75) is 51.7 Å². The molecule has 0 aliphatic heterocycles. The summed E-state index contributed by atoms with van der Waals surface area (Å²) in [6.07, 6.45) is 3.95. The summed E-state index contributed by atoms with van der Waals surface area (Å²) in [6, 6.07) is 5.99. The van der Waals surface area contributed by atoms with Crippen molar-refractivity contribution in [3.8, 4) is 5.75 Å². The van der Waals surface area contributed by atoms with E-state index in [0.29, 0.717) is 0 Å². The molecule has 1 aromatic rings. The van der Waals surface area contributed by atoms with Gasteiger partial charge in [0.2, 0.25) is 0 Å². The van der Waals surface area contributed by atoms with Crippen molar-refractivity contribution >= 4 is 0 Å². The second-order valence-electron chi connectivity index (χ2n) is 4.60. The van der Waals surface area contributed by atoms with Gasteiger partial charge in [-0.3, -0.25) is 0 Å². The van der Waals surface area contributed by atoms with Crippen molar-refractivity contribution in [1.29, 1.82) is 0 Å². The largest absolute Gasteiger partial charge is 0.490 e. The Morgan fingerprint density at radius 2 is 2.31 bits per heavy atom. The Balaban J connectivity index is 2.16. The molecular weight excluding hydrogens is 200 g/mol. The molecule has 2 rings (SSSR count). The van der Waals surface area contributed by atoms with Crippen LogP contribution in [0.2, 0.25) is 0 Å². The number of hydrogen-bond donors (Lipinski definition) is 1. The third kappa shape index (κ3) is 2.22. The molecular formula is C14H20O2. The molecule has 88 valence electrons. The first-order valence-electron chi connectivity index (χ1n) is 6.19. The highest BCUT2D eigenvalue weighted by atomic mass is 16.5. The second-order valence-corrected chi connectivity index (χ2v) is 4.60. The molecule has 0 amide bonds. The summed E-state index contributed by atoms with van der Waals surface area (Å²) in [4.78, 5) is 0. The molecule has 0 fully saturated rings. The zero-order valence-corrected chi connectivity index (χ0v) is 10.1. The maximum atomic E-state index is 9.79. The van der Waals surface area contributed by atoms with E-state index in [9.17, 15) is 5.11 Å². The summed E-state index contributed by atoms with van der Waals surface area (Å²) in [5.74, 6) is 0.968. The lowest BCUT2D eigenvalue weighted by Gasteiger charge is -2.16. The summed E-state index contributed by atoms with van der Waals surface area (Å²) >= 11 is 0. The minimum atomic E-state index is -0.292. The maximum absolute atomic E-state index is 9.79. The number of ether oxygens (including phenoxy) is 1. The van der Waals surface area contributed by atoms with Gasteiger partial charge in [0.15, 0.2) is 0 Å². The van der Waals surface area contributed by atoms with Gasteiger partial charge in [0.05, 0.1) is 12.2 Å². The van der Waals surface area contributed by atoms with Gasteiger partial charge in [-0.1, -0.05) is 25.5 Å². The fraction of sp³-hybridized carbons (Fsp3) is 0.571. The molecule has 0 radical (unpaired) electrons. The highest BCUT2D eigenvalue weighted by Gasteiger charge is 2.23. The molecule has 2 heteroatoms. The molecule has 1 aromatic carbocycles. The van der Waals surface area contributed by atoms with Crippen LogP contribution in [-0.2, 0) is 6.42 Å². The molecule has 0 spiro atoms. The molecule has 0 bridgehead atoms. The first-order chi connectivity index (χ1) is 7.72. The van der Waals surface area contributed by atoms with Crippen LogP contribution in [0, 0.1) is 0 Å². The standard InChI is InChI=1S/C14H20O2/c1-3-5-10(2)16-14-7-4-6-11-12(14)8-9-13(11)15/h4,6-7,10,13,15H,3,5,8-9H2,1-2H3. The first kappa shape index (κ1) is 11.5. The Bertz CT molecular complexity index is 360. The minimum Gasteiger partial charge on any atom is -0.490 e. The number of benzene rings is 1. The molecule has 1 N–H and O–H groups in total. The van der Waals surface area contributed by atoms with E-state index in [1.807, 2.05) is 18.2 Å². The van der Waals surface area contributed by atoms with Crippen molar-refractivity contribution in [1.82, 2.24) is 0 Å². The fourth-order valence-electron chi connectivity index (χ4n) is 2.39. The molecule has 16 heavy (non-hydrogen) atoms. The predicted molar refractivity (Wildman–Crippen MR) is 64.7 cm³/mol. The van der Waals surface area contributed by atoms with Crippen LogP contribution in [0.5, 0.6) is 5.75 Å². The number of aliphatic hydroxyl groups is 1. The Kier molecular flexibility index (Phi) is 3.49. The third-order valence-electron chi connectivity index (χ3n) is 3.22. The van der Waals surface area contributed by atoms with Crippen molar-refractivity contribution in [2.24, 2.45) is 0 Å². The van der Waals surface area contributed by atoms with Crippen LogP contribution >= 0.6 is 0 Å². The lowest BCUT2D eigenvalue weighted by atomic mass is 10.1. The second kappa shape index (κ2) is 4.88. The molecule has 0 heterocycles. The molecule has 2 atom stereocenters. The lowest BCUT2D eigenvalue weighted by Crippen LogP contribution is -2.12. The Morgan fingerprint density at radius 3 is 3.06 bits per heavy atom. The molecule has 1 aliphatic rings. The number of hydrogen-bond acceptors (Lipinski definition) is 2. The Hall–Kier alpha value is -1.02. The van der Waals surface area contributed by atoms with Crippen molar-refractivity contribution in [3.05, 3.63) is 29.3 Å². The Morgan fingerprint density at radius 1 is 1.50 bits per heavy atom. The first-order valence-corrected chi connectivity index (χ1v) is 6.19. The van der Waals surface area contributed by atoms with Gasteiger partial charge in [-0.15, -0.1) is 0 Å². The van der Waals surface area contributed by atoms with Crippen LogP contribution in [0.25, 0.3) is 0 Å². The van der Waals surface area contributed by atoms with Crippen LogP contribution in [0.15, 0.2) is 18.2 Å². The number of rotatable bonds is 4. The maximum Gasteiger partial charge on any atom is 0.123 e. The van der Waals surface area contributed by atoms with Crippen molar-refractivity contribution in [3.63, 3.8) is 0 Å². The average Bonchev–Trinajstić information content (AvgIpc) is 2.62. The molecule has 0 saturated heterocycles. The van der Waals surface area contributed by atoms with Gasteiger partial charge >= 0.3 is 0 Å². The van der Waals surface area contributed by atoms with Crippen LogP contribution in [0.4, 0.5) is 0 Å². The highest BCUT2D eigenvalue weighted by Crippen LogP contribution is 2.37. The van der Waals surface area contributed by atoms with E-state index in [-0.39, 0.29) is 12.2 Å². The van der Waals surface area contributed by atoms with Gasteiger partial charge in [-0.25, -0.2) is 0 Å². The van der Waals surface area contributed by atoms with Gasteiger partial charge in [0.25, 0.3) is 0 Å². The normalized spacial score (nSPS) is 20.6. The number of fused-ring (bicyclic) bond motifs is 1. The predicted octanol–water partition coefficient (Wildman–Crippen LogP) is 3.23. The van der Waals surface area contributed by atoms with Crippen LogP contribution in [0.1, 0.15) is 50.3 Å². The molecule has 2 nitrogen and oxygen atoms in total. The van der Waals surface area contributed by atoms with Gasteiger partial charge in [-0.2, -0.15) is 0 Å². The highest BCUT2D eigenvalue weighted by molar-refractivity contribution is 5.44. The van der Waals surface area contributed by atoms with E-state index in [4.69, 9.17) is 4.74 Å². The van der Waals surface area contributed by atoms with Gasteiger partial charge in [0, 0.05) is 5.56 Å². The molecule has 0 saturated carbocycles. The SMILES string of the molecule is CCCC(C)Oc1cccc2c1CCC2O. The van der Waals surface area contributed by atoms with Crippen LogP contribution in [0.3, 0.4) is 0 Å². The van der Waals surface area contributed by atoms with Crippen LogP contribution in [-0.4, -0.2) is 11.2 Å². The smallest absolute Gasteiger partial charge is 0.123 e. The zero-order valence-electron chi connectivity index (χ0n) is 10.1. The lowest BCUT2D eigenvalue weighted by molar-refractivity contribution is 0.180. The number of aliphatic hydroxyl groups excluding tert-OH is 1. The van der Waals surface area contributed by atoms with Gasteiger partial charge < -0.3 is 9.84 Å². The Labute approximate surface area is 97.3 Å². The van der Waals surface area contributed by atoms with Gasteiger partial charge in [0.1, 0.15) is 5.75 Å². The topological polar surface area (TPSA) is 29.5 Å². The summed E-state index contributed by atoms with van der Waals surface area (Å²) in [5.41, 5.74) is 2.26. The monoisotopic (exact) mass is 220 g/mol. The van der Waals surface area contributed by atoms with E-state index < -0.39 is 0 Å². The summed E-state index contributed by atoms with van der Waals surface area (Å²) in [6.45, 7) is 4.27. The molecule has 1 aliphatic carbocycles. The summed E-state index contributed by atoms with van der Waals surface area (Å²) < 4.78 is 5.93. The van der Waals surface area contributed by atoms with Crippen molar-refractivity contribution < 1.29 is 9.84 Å². The van der Waals surface area contributed by atoms with Crippen LogP contribution < -0.4 is 4.74 Å². The molecule has 2 unspecified atom stereocenters. The van der Waals surface area contributed by atoms with E-state index >= 15 is 0 Å². The summed E-state index contributed by atoms with van der Waals surface area (Å²) in [5, 5.41) is 9.79. The average molecular weight is 220 g/mol. The summed E-state index contributed by atoms with van der Waals surface area (Å²) in [7, 11) is 0. The van der Waals surface area contributed by atoms with E-state index in [1.165, 1.54) is 5.56 Å². The minimum absolute atomic E-state index is 0.259. The van der Waals surface area contributed by atoms with E-state index in [2.05, 4.69) is 13.8 Å². The fourth-order valence-corrected chi connectivity index (χ4v) is 2.39. The molecule has 0 aromatic heterocycles.